The van der Waals surface area contributed by atoms with Crippen molar-refractivity contribution in [2.75, 3.05) is 7.05 Å². The van der Waals surface area contributed by atoms with Crippen LogP contribution in [0.25, 0.3) is 0 Å². The molecule has 1 atom stereocenters. The second kappa shape index (κ2) is 6.92. The number of hydrogen-bond acceptors (Lipinski definition) is 2. The van der Waals surface area contributed by atoms with E-state index in [4.69, 9.17) is 16.3 Å². The molecule has 1 unspecified atom stereocenters. The van der Waals surface area contributed by atoms with Crippen LogP contribution < -0.4 is 10.1 Å². The summed E-state index contributed by atoms with van der Waals surface area (Å²) in [5.74, 6) is 0.895. The van der Waals surface area contributed by atoms with Crippen molar-refractivity contribution in [3.8, 4) is 11.5 Å². The molecule has 0 radical (unpaired) electrons. The second-order valence-electron chi connectivity index (χ2n) is 4.87. The molecule has 0 fully saturated rings. The summed E-state index contributed by atoms with van der Waals surface area (Å²) in [6.45, 7) is 3.92. The van der Waals surface area contributed by atoms with Gasteiger partial charge in [-0.15, -0.1) is 0 Å². The summed E-state index contributed by atoms with van der Waals surface area (Å²) in [6.07, 6.45) is 0.818. The van der Waals surface area contributed by atoms with Gasteiger partial charge < -0.3 is 10.1 Å². The zero-order chi connectivity index (χ0) is 15.4. The molecular weight excluding hydrogens is 289 g/mol. The van der Waals surface area contributed by atoms with Crippen molar-refractivity contribution in [3.05, 3.63) is 58.4 Å². The first kappa shape index (κ1) is 15.8. The molecule has 0 aliphatic rings. The molecule has 0 aromatic heterocycles. The summed E-state index contributed by atoms with van der Waals surface area (Å²) in [7, 11) is 1.79. The van der Waals surface area contributed by atoms with E-state index in [2.05, 4.69) is 5.32 Å². The van der Waals surface area contributed by atoms with Crippen molar-refractivity contribution in [1.29, 1.82) is 0 Å². The van der Waals surface area contributed by atoms with Gasteiger partial charge in [-0.2, -0.15) is 0 Å². The van der Waals surface area contributed by atoms with Crippen molar-refractivity contribution in [3.63, 3.8) is 0 Å². The highest BCUT2D eigenvalue weighted by molar-refractivity contribution is 6.31. The van der Waals surface area contributed by atoms with Gasteiger partial charge in [-0.3, -0.25) is 0 Å². The van der Waals surface area contributed by atoms with Crippen LogP contribution in [-0.2, 0) is 6.42 Å². The topological polar surface area (TPSA) is 21.3 Å². The van der Waals surface area contributed by atoms with Crippen LogP contribution in [0.15, 0.2) is 36.4 Å². The Bertz CT molecular complexity index is 630. The molecule has 1 N–H and O–H groups in total. The Morgan fingerprint density at radius 2 is 2.05 bits per heavy atom. The predicted molar refractivity (Wildman–Crippen MR) is 84.8 cm³/mol. The molecule has 0 spiro atoms. The highest BCUT2D eigenvalue weighted by atomic mass is 35.5. The van der Waals surface area contributed by atoms with E-state index in [9.17, 15) is 4.39 Å². The Kier molecular flexibility index (Phi) is 5.21. The lowest BCUT2D eigenvalue weighted by molar-refractivity contribution is 0.452. The molecule has 2 rings (SSSR count). The van der Waals surface area contributed by atoms with Crippen molar-refractivity contribution in [1.82, 2.24) is 5.32 Å². The fourth-order valence-electron chi connectivity index (χ4n) is 2.18. The predicted octanol–water partition coefficient (Wildman–Crippen LogP) is 5.11. The van der Waals surface area contributed by atoms with Gasteiger partial charge in [0.15, 0.2) is 0 Å². The Hall–Kier alpha value is -1.58. The molecule has 0 heterocycles. The summed E-state index contributed by atoms with van der Waals surface area (Å²) in [4.78, 5) is 0. The molecule has 2 aromatic carbocycles. The third-order valence-corrected chi connectivity index (χ3v) is 3.87. The molecule has 4 heteroatoms. The van der Waals surface area contributed by atoms with E-state index in [0.717, 1.165) is 12.0 Å². The van der Waals surface area contributed by atoms with E-state index >= 15 is 0 Å². The maximum Gasteiger partial charge on any atom is 0.135 e. The Balaban J connectivity index is 2.38. The molecule has 112 valence electrons. The quantitative estimate of drug-likeness (QED) is 0.828. The van der Waals surface area contributed by atoms with E-state index in [1.807, 2.05) is 19.9 Å². The Morgan fingerprint density at radius 3 is 2.71 bits per heavy atom. The monoisotopic (exact) mass is 307 g/mol. The van der Waals surface area contributed by atoms with Gasteiger partial charge in [0.1, 0.15) is 17.3 Å². The number of benzene rings is 2. The lowest BCUT2D eigenvalue weighted by atomic mass is 10.1. The van der Waals surface area contributed by atoms with Gasteiger partial charge in [-0.1, -0.05) is 24.6 Å². The normalized spacial score (nSPS) is 12.2. The highest BCUT2D eigenvalue weighted by Crippen LogP contribution is 2.33. The number of rotatable bonds is 5. The molecule has 0 bridgehead atoms. The van der Waals surface area contributed by atoms with Gasteiger partial charge in [0, 0.05) is 16.6 Å². The fourth-order valence-corrected chi connectivity index (χ4v) is 2.43. The van der Waals surface area contributed by atoms with Gasteiger partial charge in [0.05, 0.1) is 0 Å². The number of hydrogen-bond donors (Lipinski definition) is 1. The van der Waals surface area contributed by atoms with Crippen LogP contribution in [0.2, 0.25) is 5.02 Å². The van der Waals surface area contributed by atoms with Gasteiger partial charge in [0.2, 0.25) is 0 Å². The zero-order valence-corrected chi connectivity index (χ0v) is 13.2. The lowest BCUT2D eigenvalue weighted by Crippen LogP contribution is -2.14. The van der Waals surface area contributed by atoms with E-state index in [1.54, 1.807) is 31.3 Å². The Labute approximate surface area is 129 Å². The molecule has 0 saturated heterocycles. The van der Waals surface area contributed by atoms with E-state index < -0.39 is 0 Å². The van der Waals surface area contributed by atoms with Crippen molar-refractivity contribution in [2.24, 2.45) is 0 Å². The zero-order valence-electron chi connectivity index (χ0n) is 12.4. The van der Waals surface area contributed by atoms with Crippen LogP contribution in [0.4, 0.5) is 4.39 Å². The number of aryl methyl sites for hydroxylation is 1. The minimum absolute atomic E-state index is 0.140. The summed E-state index contributed by atoms with van der Waals surface area (Å²) < 4.78 is 19.9. The molecule has 2 aromatic rings. The second-order valence-corrected chi connectivity index (χ2v) is 5.28. The van der Waals surface area contributed by atoms with Crippen molar-refractivity contribution < 1.29 is 9.13 Å². The molecule has 0 saturated carbocycles. The van der Waals surface area contributed by atoms with Crippen LogP contribution in [0.1, 0.15) is 31.0 Å². The molecule has 21 heavy (non-hydrogen) atoms. The lowest BCUT2D eigenvalue weighted by Gasteiger charge is -2.17. The maximum atomic E-state index is 14.1. The van der Waals surface area contributed by atoms with Gasteiger partial charge in [-0.25, -0.2) is 4.39 Å². The van der Waals surface area contributed by atoms with E-state index in [-0.39, 0.29) is 11.9 Å². The first-order valence-electron chi connectivity index (χ1n) is 6.98. The third kappa shape index (κ3) is 3.55. The Morgan fingerprint density at radius 1 is 1.29 bits per heavy atom. The average Bonchev–Trinajstić information content (AvgIpc) is 2.48. The minimum Gasteiger partial charge on any atom is -0.457 e. The average molecular weight is 308 g/mol. The van der Waals surface area contributed by atoms with E-state index in [1.165, 1.54) is 6.07 Å². The smallest absolute Gasteiger partial charge is 0.135 e. The third-order valence-electron chi connectivity index (χ3n) is 3.50. The molecule has 0 amide bonds. The van der Waals surface area contributed by atoms with Crippen LogP contribution in [0.3, 0.4) is 0 Å². The van der Waals surface area contributed by atoms with Crippen molar-refractivity contribution >= 4 is 11.6 Å². The van der Waals surface area contributed by atoms with Gasteiger partial charge >= 0.3 is 0 Å². The molecule has 2 nitrogen and oxygen atoms in total. The fraction of sp³-hybridized carbons (Fsp3) is 0.294. The summed E-state index contributed by atoms with van der Waals surface area (Å²) >= 11 is 6.10. The van der Waals surface area contributed by atoms with Gasteiger partial charge in [-0.05, 0) is 56.3 Å². The largest absolute Gasteiger partial charge is 0.457 e. The van der Waals surface area contributed by atoms with Crippen LogP contribution in [-0.4, -0.2) is 7.05 Å². The molecule has 0 aliphatic heterocycles. The number of halogens is 2. The van der Waals surface area contributed by atoms with Gasteiger partial charge in [0.25, 0.3) is 0 Å². The van der Waals surface area contributed by atoms with Crippen molar-refractivity contribution in [2.45, 2.75) is 26.3 Å². The SMILES string of the molecule is CCc1cc(Oc2cccc(F)c2C(C)NC)ccc1Cl. The summed E-state index contributed by atoms with van der Waals surface area (Å²) in [5.41, 5.74) is 1.53. The first-order valence-corrected chi connectivity index (χ1v) is 7.36. The number of nitrogens with one attached hydrogen (secondary N) is 1. The standard InChI is InChI=1S/C17H19ClFNO/c1-4-12-10-13(8-9-14(12)18)21-16-7-5-6-15(19)17(16)11(2)20-3/h5-11,20H,4H2,1-3H3. The molecular formula is C17H19ClFNO. The summed E-state index contributed by atoms with van der Waals surface area (Å²) in [5, 5.41) is 3.75. The maximum absolute atomic E-state index is 14.1. The van der Waals surface area contributed by atoms with Crippen LogP contribution in [0, 0.1) is 5.82 Å². The van der Waals surface area contributed by atoms with Crippen LogP contribution in [0.5, 0.6) is 11.5 Å². The number of ether oxygens (including phenoxy) is 1. The van der Waals surface area contributed by atoms with E-state index in [0.29, 0.717) is 22.1 Å². The minimum atomic E-state index is -0.279. The first-order chi connectivity index (χ1) is 10.1. The summed E-state index contributed by atoms with van der Waals surface area (Å²) in [6, 6.07) is 10.2. The molecule has 0 aliphatic carbocycles. The highest BCUT2D eigenvalue weighted by Gasteiger charge is 2.16. The van der Waals surface area contributed by atoms with Crippen LogP contribution >= 0.6 is 11.6 Å².